The SMILES string of the molecule is CC(=O)Nc1ccc(-c2nc(SCc3cccc(CCC(=O)NC(C)(C)CN)n3)nc(N)c2C#N)cc1. The smallest absolute Gasteiger partial charge is 0.221 e. The van der Waals surface area contributed by atoms with Gasteiger partial charge >= 0.3 is 0 Å². The minimum absolute atomic E-state index is 0.0730. The van der Waals surface area contributed by atoms with E-state index in [1.165, 1.54) is 18.7 Å². The van der Waals surface area contributed by atoms with E-state index in [0.717, 1.165) is 11.4 Å². The van der Waals surface area contributed by atoms with Crippen LogP contribution in [0, 0.1) is 11.3 Å². The summed E-state index contributed by atoms with van der Waals surface area (Å²) >= 11 is 1.35. The summed E-state index contributed by atoms with van der Waals surface area (Å²) in [6.07, 6.45) is 0.816. The quantitative estimate of drug-likeness (QED) is 0.232. The van der Waals surface area contributed by atoms with Crippen LogP contribution in [0.3, 0.4) is 0 Å². The molecule has 1 aromatic carbocycles. The van der Waals surface area contributed by atoms with E-state index in [-0.39, 0.29) is 23.2 Å². The number of nitrogen functional groups attached to an aromatic ring is 1. The first kappa shape index (κ1) is 27.6. The van der Waals surface area contributed by atoms with Gasteiger partial charge in [0.2, 0.25) is 11.8 Å². The number of benzene rings is 1. The van der Waals surface area contributed by atoms with Crippen molar-refractivity contribution in [3.05, 3.63) is 59.4 Å². The third-order valence-electron chi connectivity index (χ3n) is 5.32. The summed E-state index contributed by atoms with van der Waals surface area (Å²) in [6.45, 7) is 5.55. The Morgan fingerprint density at radius 2 is 1.78 bits per heavy atom. The fraction of sp³-hybridized carbons (Fsp3) is 0.308. The number of hydrogen-bond acceptors (Lipinski definition) is 9. The minimum Gasteiger partial charge on any atom is -0.382 e. The van der Waals surface area contributed by atoms with E-state index >= 15 is 0 Å². The Morgan fingerprint density at radius 1 is 1.08 bits per heavy atom. The van der Waals surface area contributed by atoms with Crippen molar-refractivity contribution in [2.75, 3.05) is 17.6 Å². The number of anilines is 2. The minimum atomic E-state index is -0.446. The molecule has 0 atom stereocenters. The molecule has 0 radical (unpaired) electrons. The lowest BCUT2D eigenvalue weighted by Crippen LogP contribution is -2.48. The lowest BCUT2D eigenvalue weighted by atomic mass is 10.1. The van der Waals surface area contributed by atoms with E-state index in [1.807, 2.05) is 32.0 Å². The van der Waals surface area contributed by atoms with Crippen molar-refractivity contribution in [3.63, 3.8) is 0 Å². The number of aryl methyl sites for hydroxylation is 1. The average Bonchev–Trinajstić information content (AvgIpc) is 2.86. The van der Waals surface area contributed by atoms with Gasteiger partial charge in [-0.3, -0.25) is 14.6 Å². The summed E-state index contributed by atoms with van der Waals surface area (Å²) in [5.41, 5.74) is 14.8. The molecule has 0 fully saturated rings. The van der Waals surface area contributed by atoms with Crippen LogP contribution in [0.5, 0.6) is 0 Å². The Morgan fingerprint density at radius 3 is 2.43 bits per heavy atom. The first-order valence-corrected chi connectivity index (χ1v) is 12.6. The summed E-state index contributed by atoms with van der Waals surface area (Å²) < 4.78 is 0. The normalized spacial score (nSPS) is 11.0. The second kappa shape index (κ2) is 12.3. The molecular weight excluding hydrogens is 488 g/mol. The lowest BCUT2D eigenvalue weighted by molar-refractivity contribution is -0.122. The van der Waals surface area contributed by atoms with Gasteiger partial charge in [-0.25, -0.2) is 9.97 Å². The third kappa shape index (κ3) is 7.99. The number of nitrogens with two attached hydrogens (primary N) is 2. The molecule has 2 heterocycles. The van der Waals surface area contributed by atoms with Crippen molar-refractivity contribution in [1.82, 2.24) is 20.3 Å². The largest absolute Gasteiger partial charge is 0.382 e. The van der Waals surface area contributed by atoms with Crippen LogP contribution in [0.25, 0.3) is 11.3 Å². The van der Waals surface area contributed by atoms with Gasteiger partial charge in [0.15, 0.2) is 5.16 Å². The van der Waals surface area contributed by atoms with Gasteiger partial charge in [0.05, 0.1) is 11.4 Å². The molecule has 2 aromatic heterocycles. The fourth-order valence-electron chi connectivity index (χ4n) is 3.38. The summed E-state index contributed by atoms with van der Waals surface area (Å²) in [7, 11) is 0. The first-order chi connectivity index (χ1) is 17.6. The van der Waals surface area contributed by atoms with Crippen LogP contribution in [-0.4, -0.2) is 38.8 Å². The zero-order valence-corrected chi connectivity index (χ0v) is 21.9. The molecule has 0 aliphatic heterocycles. The summed E-state index contributed by atoms with van der Waals surface area (Å²) in [4.78, 5) is 37.0. The number of hydrogen-bond donors (Lipinski definition) is 4. The molecule has 3 aromatic rings. The zero-order chi connectivity index (χ0) is 27.0. The van der Waals surface area contributed by atoms with Gasteiger partial charge in [-0.1, -0.05) is 30.0 Å². The van der Waals surface area contributed by atoms with Crippen molar-refractivity contribution in [2.24, 2.45) is 5.73 Å². The Labute approximate surface area is 220 Å². The number of aromatic nitrogens is 3. The molecule has 0 aliphatic carbocycles. The fourth-order valence-corrected chi connectivity index (χ4v) is 4.13. The van der Waals surface area contributed by atoms with Gasteiger partial charge in [0, 0.05) is 48.1 Å². The van der Waals surface area contributed by atoms with Gasteiger partial charge < -0.3 is 22.1 Å². The van der Waals surface area contributed by atoms with Crippen LogP contribution in [-0.2, 0) is 21.8 Å². The van der Waals surface area contributed by atoms with Crippen LogP contribution in [0.1, 0.15) is 44.1 Å². The Kier molecular flexibility index (Phi) is 9.16. The van der Waals surface area contributed by atoms with Crippen LogP contribution in [0.2, 0.25) is 0 Å². The standard InChI is InChI=1S/C26H30N8O2S/c1-16(35)30-19-9-7-17(8-10-19)23-21(13-27)24(29)33-25(32-23)37-14-20-6-4-5-18(31-20)11-12-22(36)34-26(2,3)15-28/h4-10H,11-12,14-15,28H2,1-3H3,(H,30,35)(H,34,36)(H2,29,32,33). The van der Waals surface area contributed by atoms with Crippen molar-refractivity contribution in [3.8, 4) is 17.3 Å². The van der Waals surface area contributed by atoms with Crippen molar-refractivity contribution < 1.29 is 9.59 Å². The zero-order valence-electron chi connectivity index (χ0n) is 21.0. The van der Waals surface area contributed by atoms with Gasteiger partial charge in [-0.05, 0) is 44.5 Å². The molecule has 0 unspecified atom stereocenters. The van der Waals surface area contributed by atoms with E-state index in [2.05, 4.69) is 31.7 Å². The number of amides is 2. The first-order valence-electron chi connectivity index (χ1n) is 11.6. The molecule has 3 rings (SSSR count). The second-order valence-corrected chi connectivity index (χ2v) is 9.97. The summed E-state index contributed by atoms with van der Waals surface area (Å²) in [6, 6.07) is 14.7. The van der Waals surface area contributed by atoms with Crippen molar-refractivity contribution >= 4 is 35.1 Å². The topological polar surface area (TPSA) is 173 Å². The number of carbonyl (C=O) groups excluding carboxylic acids is 2. The molecule has 0 aliphatic rings. The third-order valence-corrected chi connectivity index (χ3v) is 6.20. The van der Waals surface area contributed by atoms with Crippen LogP contribution >= 0.6 is 11.8 Å². The van der Waals surface area contributed by atoms with Gasteiger partial charge in [0.1, 0.15) is 17.5 Å². The van der Waals surface area contributed by atoms with Crippen molar-refractivity contribution in [2.45, 2.75) is 50.1 Å². The number of pyridine rings is 1. The Hall–Kier alpha value is -4.01. The van der Waals surface area contributed by atoms with E-state index in [1.54, 1.807) is 24.3 Å². The molecule has 10 nitrogen and oxygen atoms in total. The van der Waals surface area contributed by atoms with Crippen molar-refractivity contribution in [1.29, 1.82) is 5.26 Å². The molecule has 11 heteroatoms. The highest BCUT2D eigenvalue weighted by Gasteiger charge is 2.18. The maximum Gasteiger partial charge on any atom is 0.221 e. The molecule has 0 saturated carbocycles. The highest BCUT2D eigenvalue weighted by atomic mass is 32.2. The number of thioether (sulfide) groups is 1. The lowest BCUT2D eigenvalue weighted by Gasteiger charge is -2.24. The molecule has 6 N–H and O–H groups in total. The Balaban J connectivity index is 1.71. The van der Waals surface area contributed by atoms with Gasteiger partial charge in [0.25, 0.3) is 0 Å². The number of nitrogens with one attached hydrogen (secondary N) is 2. The number of carbonyl (C=O) groups is 2. The predicted molar refractivity (Wildman–Crippen MR) is 144 cm³/mol. The summed E-state index contributed by atoms with van der Waals surface area (Å²) in [5, 5.41) is 15.6. The Bertz CT molecular complexity index is 1320. The van der Waals surface area contributed by atoms with E-state index in [4.69, 9.17) is 11.5 Å². The molecule has 0 bridgehead atoms. The highest BCUT2D eigenvalue weighted by molar-refractivity contribution is 7.98. The van der Waals surface area contributed by atoms with Gasteiger partial charge in [-0.2, -0.15) is 5.26 Å². The molecule has 192 valence electrons. The number of nitrogens with zero attached hydrogens (tertiary/aromatic N) is 4. The van der Waals surface area contributed by atoms with Gasteiger partial charge in [-0.15, -0.1) is 0 Å². The van der Waals surface area contributed by atoms with Crippen LogP contribution in [0.4, 0.5) is 11.5 Å². The molecule has 37 heavy (non-hydrogen) atoms. The second-order valence-electron chi connectivity index (χ2n) is 9.03. The number of nitriles is 1. The molecule has 0 spiro atoms. The monoisotopic (exact) mass is 518 g/mol. The predicted octanol–water partition coefficient (Wildman–Crippen LogP) is 3.03. The van der Waals surface area contributed by atoms with E-state index in [9.17, 15) is 14.9 Å². The highest BCUT2D eigenvalue weighted by Crippen LogP contribution is 2.29. The molecule has 2 amide bonds. The van der Waals surface area contributed by atoms with E-state index in [0.29, 0.717) is 47.2 Å². The maximum atomic E-state index is 12.2. The number of rotatable bonds is 10. The maximum absolute atomic E-state index is 12.2. The summed E-state index contributed by atoms with van der Waals surface area (Å²) in [5.74, 6) is 0.323. The molecular formula is C26H30N8O2S. The van der Waals surface area contributed by atoms with Crippen LogP contribution in [0.15, 0.2) is 47.6 Å². The molecule has 0 saturated heterocycles. The van der Waals surface area contributed by atoms with E-state index < -0.39 is 5.54 Å². The van der Waals surface area contributed by atoms with Crippen LogP contribution < -0.4 is 22.1 Å². The average molecular weight is 519 g/mol.